The summed E-state index contributed by atoms with van der Waals surface area (Å²) >= 11 is 1.71. The Kier molecular flexibility index (Phi) is 12.5. The van der Waals surface area contributed by atoms with Crippen molar-refractivity contribution in [3.05, 3.63) is 119 Å². The number of aliphatic hydroxyl groups excluding tert-OH is 1. The van der Waals surface area contributed by atoms with Crippen molar-refractivity contribution in [1.29, 1.82) is 0 Å². The van der Waals surface area contributed by atoms with Gasteiger partial charge in [0, 0.05) is 28.7 Å². The van der Waals surface area contributed by atoms with E-state index in [1.54, 1.807) is 25.8 Å². The zero-order valence-electron chi connectivity index (χ0n) is 27.4. The Morgan fingerprint density at radius 1 is 0.854 bits per heavy atom. The summed E-state index contributed by atoms with van der Waals surface area (Å²) in [6, 6.07) is 31.5. The number of para-hydroxylation sites is 1. The van der Waals surface area contributed by atoms with E-state index in [9.17, 15) is 14.7 Å². The molecule has 1 fully saturated rings. The van der Waals surface area contributed by atoms with Crippen LogP contribution in [0.4, 0.5) is 4.79 Å². The number of urea groups is 1. The lowest BCUT2D eigenvalue weighted by molar-refractivity contribution is -0.268. The summed E-state index contributed by atoms with van der Waals surface area (Å²) in [5, 5.41) is 14.8. The maximum Gasteiger partial charge on any atom is 0.325 e. The number of methoxy groups -OCH3 is 1. The largest absolute Gasteiger partial charge is 0.496 e. The zero-order valence-corrected chi connectivity index (χ0v) is 28.2. The quantitative estimate of drug-likeness (QED) is 0.105. The lowest BCUT2D eigenvalue weighted by Gasteiger charge is -2.41. The van der Waals surface area contributed by atoms with E-state index in [-0.39, 0.29) is 37.9 Å². The van der Waals surface area contributed by atoms with Crippen molar-refractivity contribution in [3.63, 3.8) is 0 Å². The van der Waals surface area contributed by atoms with Gasteiger partial charge in [0.05, 0.1) is 32.5 Å². The molecule has 9 nitrogen and oxygen atoms in total. The molecule has 0 bridgehead atoms. The third kappa shape index (κ3) is 9.17. The van der Waals surface area contributed by atoms with Crippen molar-refractivity contribution in [1.82, 2.24) is 10.6 Å². The van der Waals surface area contributed by atoms with Crippen LogP contribution in [0.2, 0.25) is 0 Å². The Morgan fingerprint density at radius 2 is 1.60 bits per heavy atom. The van der Waals surface area contributed by atoms with Crippen molar-refractivity contribution < 1.29 is 33.6 Å². The van der Waals surface area contributed by atoms with Gasteiger partial charge in [-0.15, -0.1) is 11.8 Å². The van der Waals surface area contributed by atoms with Crippen LogP contribution in [0, 0.1) is 5.92 Å². The summed E-state index contributed by atoms with van der Waals surface area (Å²) in [6.45, 7) is 4.25. The molecule has 1 saturated heterocycles. The van der Waals surface area contributed by atoms with Gasteiger partial charge in [-0.2, -0.15) is 0 Å². The fourth-order valence-corrected chi connectivity index (χ4v) is 6.72. The van der Waals surface area contributed by atoms with Gasteiger partial charge in [0.15, 0.2) is 6.29 Å². The second-order valence-electron chi connectivity index (χ2n) is 11.4. The van der Waals surface area contributed by atoms with Gasteiger partial charge in [-0.05, 0) is 52.9 Å². The van der Waals surface area contributed by atoms with Gasteiger partial charge in [-0.25, -0.2) is 4.79 Å². The van der Waals surface area contributed by atoms with E-state index in [1.807, 2.05) is 91.0 Å². The minimum atomic E-state index is -0.579. The minimum Gasteiger partial charge on any atom is -0.496 e. The van der Waals surface area contributed by atoms with Crippen molar-refractivity contribution in [3.8, 4) is 16.9 Å². The van der Waals surface area contributed by atoms with E-state index in [0.29, 0.717) is 12.3 Å². The number of carbonyl (C=O) groups excluding carboxylic acids is 2. The number of esters is 1. The van der Waals surface area contributed by atoms with Crippen LogP contribution in [0.15, 0.2) is 102 Å². The van der Waals surface area contributed by atoms with Gasteiger partial charge in [0.25, 0.3) is 0 Å². The molecule has 5 rings (SSSR count). The number of thioether (sulfide) groups is 1. The van der Waals surface area contributed by atoms with E-state index in [1.165, 1.54) is 0 Å². The number of rotatable bonds is 13. The molecule has 0 spiro atoms. The lowest BCUT2D eigenvalue weighted by atomic mass is 9.91. The number of aliphatic hydroxyl groups is 1. The highest BCUT2D eigenvalue weighted by Gasteiger charge is 2.38. The third-order valence-corrected chi connectivity index (χ3v) is 9.33. The van der Waals surface area contributed by atoms with Crippen LogP contribution in [-0.4, -0.2) is 49.2 Å². The Bertz CT molecular complexity index is 1650. The number of carbonyl (C=O) groups is 2. The molecular weight excluding hydrogens is 628 g/mol. The predicted octanol–water partition coefficient (Wildman–Crippen LogP) is 6.80. The second-order valence-corrected chi connectivity index (χ2v) is 12.5. The van der Waals surface area contributed by atoms with Crippen molar-refractivity contribution in [2.75, 3.05) is 26.0 Å². The molecule has 0 saturated carbocycles. The van der Waals surface area contributed by atoms with Gasteiger partial charge in [-0.3, -0.25) is 4.79 Å². The highest BCUT2D eigenvalue weighted by molar-refractivity contribution is 7.99. The molecule has 4 aromatic rings. The van der Waals surface area contributed by atoms with Crippen molar-refractivity contribution in [2.24, 2.45) is 5.92 Å². The van der Waals surface area contributed by atoms with Gasteiger partial charge in [-0.1, -0.05) is 85.8 Å². The minimum absolute atomic E-state index is 0.0104. The SMILES string of the molecule is CCOC(=O)CNC(=O)NCc1cccc(-c2ccc([C@H]3O[C@@H](CSc4ccccc4OC)[C@@H](C)[C@@H](c4ccc(CO)cc4)O3)cc2)c1. The molecule has 48 heavy (non-hydrogen) atoms. The molecule has 10 heteroatoms. The molecule has 4 atom stereocenters. The first-order valence-corrected chi connectivity index (χ1v) is 17.0. The van der Waals surface area contributed by atoms with Crippen LogP contribution < -0.4 is 15.4 Å². The summed E-state index contributed by atoms with van der Waals surface area (Å²) < 4.78 is 23.7. The summed E-state index contributed by atoms with van der Waals surface area (Å²) in [5.41, 5.74) is 5.73. The summed E-state index contributed by atoms with van der Waals surface area (Å²) in [6.07, 6.45) is -0.901. The van der Waals surface area contributed by atoms with E-state index < -0.39 is 18.3 Å². The third-order valence-electron chi connectivity index (χ3n) is 8.19. The summed E-state index contributed by atoms with van der Waals surface area (Å²) in [4.78, 5) is 24.7. The molecular formula is C38H42N2O7S. The van der Waals surface area contributed by atoms with Gasteiger partial charge in [0.2, 0.25) is 0 Å². The molecule has 1 aliphatic heterocycles. The van der Waals surface area contributed by atoms with Crippen molar-refractivity contribution >= 4 is 23.8 Å². The number of hydrogen-bond acceptors (Lipinski definition) is 8. The first-order valence-electron chi connectivity index (χ1n) is 16.0. The van der Waals surface area contributed by atoms with Crippen LogP contribution in [0.25, 0.3) is 11.1 Å². The predicted molar refractivity (Wildman–Crippen MR) is 185 cm³/mol. The zero-order chi connectivity index (χ0) is 33.9. The second kappa shape index (κ2) is 17.2. The molecule has 3 N–H and O–H groups in total. The topological polar surface area (TPSA) is 115 Å². The van der Waals surface area contributed by atoms with Crippen LogP contribution in [-0.2, 0) is 32.2 Å². The number of hydrogen-bond donors (Lipinski definition) is 3. The standard InChI is InChI=1S/C38H42N2O7S/c1-4-45-35(42)22-40-38(43)39-21-27-8-7-9-31(20-27)28-16-18-30(19-17-28)37-46-33(24-48-34-11-6-5-10-32(34)44-3)25(2)36(47-37)29-14-12-26(23-41)13-15-29/h5-20,25,33,36-37,41H,4,21-24H2,1-3H3,(H2,39,40,43)/t25-,33+,36+,37+/m1/s1. The van der Waals surface area contributed by atoms with Gasteiger partial charge < -0.3 is 34.7 Å². The Morgan fingerprint density at radius 3 is 2.33 bits per heavy atom. The van der Waals surface area contributed by atoms with Crippen LogP contribution in [0.3, 0.4) is 0 Å². The fraction of sp³-hybridized carbons (Fsp3) is 0.316. The summed E-state index contributed by atoms with van der Waals surface area (Å²) in [7, 11) is 1.68. The number of benzene rings is 4. The monoisotopic (exact) mass is 670 g/mol. The number of nitrogens with one attached hydrogen (secondary N) is 2. The maximum atomic E-state index is 12.1. The molecule has 0 aliphatic carbocycles. The van der Waals surface area contributed by atoms with E-state index >= 15 is 0 Å². The molecule has 1 heterocycles. The highest BCUT2D eigenvalue weighted by atomic mass is 32.2. The average Bonchev–Trinajstić information content (AvgIpc) is 3.13. The number of amides is 2. The van der Waals surface area contributed by atoms with Crippen molar-refractivity contribution in [2.45, 2.75) is 50.4 Å². The fourth-order valence-electron chi connectivity index (χ4n) is 5.52. The Balaban J connectivity index is 1.29. The van der Waals surface area contributed by atoms with Crippen LogP contribution >= 0.6 is 11.8 Å². The van der Waals surface area contributed by atoms with Crippen LogP contribution in [0.5, 0.6) is 5.75 Å². The van der Waals surface area contributed by atoms with E-state index in [4.69, 9.17) is 18.9 Å². The molecule has 0 unspecified atom stereocenters. The Hall–Kier alpha value is -4.35. The van der Waals surface area contributed by atoms with Crippen LogP contribution in [0.1, 0.15) is 48.5 Å². The highest BCUT2D eigenvalue weighted by Crippen LogP contribution is 2.44. The molecule has 4 aromatic carbocycles. The first-order chi connectivity index (χ1) is 23.4. The van der Waals surface area contributed by atoms with E-state index in [0.717, 1.165) is 44.0 Å². The summed E-state index contributed by atoms with van der Waals surface area (Å²) in [5.74, 6) is 1.13. The normalized spacial score (nSPS) is 18.9. The average molecular weight is 671 g/mol. The number of ether oxygens (including phenoxy) is 4. The molecule has 252 valence electrons. The molecule has 0 aromatic heterocycles. The van der Waals surface area contributed by atoms with Gasteiger partial charge in [0.1, 0.15) is 12.3 Å². The lowest BCUT2D eigenvalue weighted by Crippen LogP contribution is -2.38. The van der Waals surface area contributed by atoms with E-state index in [2.05, 4.69) is 23.6 Å². The molecule has 1 aliphatic rings. The smallest absolute Gasteiger partial charge is 0.325 e. The van der Waals surface area contributed by atoms with Gasteiger partial charge >= 0.3 is 12.0 Å². The Labute approximate surface area is 286 Å². The maximum absolute atomic E-state index is 12.1. The first kappa shape index (κ1) is 35.0. The molecule has 2 amide bonds. The molecule has 0 radical (unpaired) electrons.